The van der Waals surface area contributed by atoms with Gasteiger partial charge in [0.1, 0.15) is 22.0 Å². The molecule has 4 amide bonds. The third-order valence-corrected chi connectivity index (χ3v) is 8.82. The minimum absolute atomic E-state index is 0.309. The highest BCUT2D eigenvalue weighted by Gasteiger charge is 2.51. The summed E-state index contributed by atoms with van der Waals surface area (Å²) in [5, 5.41) is 55.0. The molecule has 270 valence electrons. The lowest BCUT2D eigenvalue weighted by Gasteiger charge is -2.26. The fraction of sp³-hybridized carbons (Fsp3) is 0.0645. The topological polar surface area (TPSA) is 269 Å². The minimum atomic E-state index is -2.38. The number of amides is 4. The standard InChI is InChI=1S/C31H18Cl3N13O7/c1-31(21(48)17-3-2-4-18(19(17)34)47(53)54,20-24(50)46-26(37-20)43-44-28(46)40-30(52)36-16-11-7-14(33)8-12-16)25-38-23(49)22-41-42-27(45(22)25)39-29(51)35-15-9-5-13(32)6-10-15/h2-12,49-50H,1H3,(H,35,51)(H,36,52)/b39-27?,40-28-. The third-order valence-electron chi connectivity index (χ3n) is 7.92. The number of rotatable bonds is 7. The van der Waals surface area contributed by atoms with Crippen molar-refractivity contribution in [3.63, 3.8) is 0 Å². The van der Waals surface area contributed by atoms with E-state index in [1.165, 1.54) is 67.6 Å². The first-order valence-corrected chi connectivity index (χ1v) is 16.2. The number of imidazole rings is 2. The SMILES string of the molecule is CC(C(=O)c1cccc([N+](=O)[O-])c1Cl)(c1nc2n(c1O)/C(=N\C(=O)Nc1ccc(Cl)cc1)N=N2)c1nc(O)c2n1C(=NC(=O)Nc1ccc(Cl)cc1)N=N2. The Labute approximate surface area is 315 Å². The number of nitrogens with one attached hydrogen (secondary N) is 2. The van der Waals surface area contributed by atoms with Crippen molar-refractivity contribution < 1.29 is 29.5 Å². The maximum atomic E-state index is 14.8. The second-order valence-electron chi connectivity index (χ2n) is 11.3. The number of aromatic nitrogens is 4. The third kappa shape index (κ3) is 6.18. The number of fused-ring (bicyclic) bond motifs is 2. The van der Waals surface area contributed by atoms with Gasteiger partial charge in [-0.25, -0.2) is 23.7 Å². The largest absolute Gasteiger partial charge is 0.493 e. The number of anilines is 2. The zero-order chi connectivity index (χ0) is 38.5. The molecular weight excluding hydrogens is 773 g/mol. The molecule has 2 aromatic heterocycles. The van der Waals surface area contributed by atoms with Gasteiger partial charge in [0.2, 0.25) is 11.7 Å². The average molecular weight is 791 g/mol. The number of Topliss-reactive ketones (excluding diaryl/α,β-unsaturated/α-hetero) is 1. The van der Waals surface area contributed by atoms with Crippen LogP contribution in [0.1, 0.15) is 28.8 Å². The number of carbonyl (C=O) groups excluding carboxylic acids is 3. The molecular formula is C31H18Cl3N13O7. The molecule has 54 heavy (non-hydrogen) atoms. The Morgan fingerprint density at radius 1 is 0.796 bits per heavy atom. The summed E-state index contributed by atoms with van der Waals surface area (Å²) >= 11 is 18.2. The molecule has 4 heterocycles. The van der Waals surface area contributed by atoms with Gasteiger partial charge < -0.3 is 20.8 Å². The Hall–Kier alpha value is -6.90. The Morgan fingerprint density at radius 3 is 1.93 bits per heavy atom. The van der Waals surface area contributed by atoms with Gasteiger partial charge in [0.05, 0.1) is 4.92 Å². The molecule has 0 aliphatic carbocycles. The van der Waals surface area contributed by atoms with Crippen molar-refractivity contribution in [3.05, 3.63) is 109 Å². The molecule has 5 aromatic rings. The van der Waals surface area contributed by atoms with Crippen molar-refractivity contribution in [2.45, 2.75) is 12.3 Å². The van der Waals surface area contributed by atoms with Gasteiger partial charge in [-0.1, -0.05) is 40.9 Å². The van der Waals surface area contributed by atoms with Crippen LogP contribution in [0.2, 0.25) is 15.1 Å². The van der Waals surface area contributed by atoms with Crippen molar-refractivity contribution >= 4 is 93.4 Å². The van der Waals surface area contributed by atoms with Gasteiger partial charge >= 0.3 is 12.1 Å². The molecule has 23 heteroatoms. The van der Waals surface area contributed by atoms with Gasteiger partial charge in [-0.2, -0.15) is 15.0 Å². The van der Waals surface area contributed by atoms with Crippen LogP contribution in [0.25, 0.3) is 0 Å². The number of aromatic hydroxyl groups is 2. The highest BCUT2D eigenvalue weighted by atomic mass is 35.5. The van der Waals surface area contributed by atoms with Crippen LogP contribution in [0.4, 0.5) is 38.4 Å². The first-order chi connectivity index (χ1) is 25.8. The molecule has 0 fully saturated rings. The Bertz CT molecular complexity index is 2560. The summed E-state index contributed by atoms with van der Waals surface area (Å²) in [6, 6.07) is 13.7. The van der Waals surface area contributed by atoms with Crippen LogP contribution >= 0.6 is 34.8 Å². The number of nitro groups is 1. The molecule has 4 N–H and O–H groups in total. The maximum Gasteiger partial charge on any atom is 0.348 e. The van der Waals surface area contributed by atoms with E-state index < -0.39 is 79.7 Å². The van der Waals surface area contributed by atoms with Crippen molar-refractivity contribution in [1.82, 2.24) is 19.1 Å². The van der Waals surface area contributed by atoms with E-state index in [2.05, 4.69) is 51.0 Å². The number of urea groups is 2. The first-order valence-electron chi connectivity index (χ1n) is 15.0. The lowest BCUT2D eigenvalue weighted by molar-refractivity contribution is -0.384. The van der Waals surface area contributed by atoms with Gasteiger partial charge in [-0.05, 0) is 61.5 Å². The first kappa shape index (κ1) is 35.5. The van der Waals surface area contributed by atoms with Crippen LogP contribution < -0.4 is 10.6 Å². The van der Waals surface area contributed by atoms with E-state index in [0.717, 1.165) is 15.2 Å². The van der Waals surface area contributed by atoms with E-state index in [9.17, 15) is 34.7 Å². The number of aliphatic imine (C=N–C) groups is 2. The Kier molecular flexibility index (Phi) is 8.93. The predicted octanol–water partition coefficient (Wildman–Crippen LogP) is 7.62. The zero-order valence-corrected chi connectivity index (χ0v) is 29.1. The van der Waals surface area contributed by atoms with E-state index in [-0.39, 0.29) is 11.8 Å². The molecule has 2 aliphatic heterocycles. The number of nitro benzene ring substituents is 1. The van der Waals surface area contributed by atoms with Crippen LogP contribution in [-0.2, 0) is 5.41 Å². The summed E-state index contributed by atoms with van der Waals surface area (Å²) in [5.41, 5.74) is -3.33. The number of carbonyl (C=O) groups is 3. The second kappa shape index (κ2) is 13.6. The number of benzene rings is 3. The van der Waals surface area contributed by atoms with Crippen LogP contribution in [0.15, 0.2) is 97.2 Å². The molecule has 0 spiro atoms. The van der Waals surface area contributed by atoms with E-state index >= 15 is 0 Å². The quantitative estimate of drug-likeness (QED) is 0.0716. The molecule has 1 atom stereocenters. The molecule has 0 bridgehead atoms. The normalized spacial score (nSPS) is 15.3. The Balaban J connectivity index is 1.36. The van der Waals surface area contributed by atoms with Crippen LogP contribution in [0.3, 0.4) is 0 Å². The zero-order valence-electron chi connectivity index (χ0n) is 26.8. The summed E-state index contributed by atoms with van der Waals surface area (Å²) in [7, 11) is 0. The number of hydrogen-bond acceptors (Lipinski definition) is 11. The van der Waals surface area contributed by atoms with Crippen LogP contribution in [-0.4, -0.2) is 64.0 Å². The summed E-state index contributed by atoms with van der Waals surface area (Å²) < 4.78 is 1.79. The number of halogens is 3. The summed E-state index contributed by atoms with van der Waals surface area (Å²) in [6.07, 6.45) is 0. The lowest BCUT2D eigenvalue weighted by Crippen LogP contribution is -2.39. The molecule has 7 rings (SSSR count). The molecule has 0 radical (unpaired) electrons. The molecule has 2 aliphatic rings. The second-order valence-corrected chi connectivity index (χ2v) is 12.5. The monoisotopic (exact) mass is 789 g/mol. The summed E-state index contributed by atoms with van der Waals surface area (Å²) in [5.74, 6) is -4.85. The molecule has 20 nitrogen and oxygen atoms in total. The Morgan fingerprint density at radius 2 is 1.35 bits per heavy atom. The van der Waals surface area contributed by atoms with Crippen molar-refractivity contribution in [2.75, 3.05) is 10.6 Å². The highest BCUT2D eigenvalue weighted by Crippen LogP contribution is 2.47. The molecule has 3 aromatic carbocycles. The van der Waals surface area contributed by atoms with Gasteiger partial charge in [0, 0.05) is 33.0 Å². The number of hydrogen-bond donors (Lipinski definition) is 4. The van der Waals surface area contributed by atoms with Crippen molar-refractivity contribution in [1.29, 1.82) is 0 Å². The van der Waals surface area contributed by atoms with Gasteiger partial charge in [0.25, 0.3) is 29.4 Å². The molecule has 1 unspecified atom stereocenters. The van der Waals surface area contributed by atoms with Crippen LogP contribution in [0, 0.1) is 10.1 Å². The maximum absolute atomic E-state index is 14.8. The van der Waals surface area contributed by atoms with E-state index in [0.29, 0.717) is 21.4 Å². The van der Waals surface area contributed by atoms with Gasteiger partial charge in [-0.3, -0.25) is 14.9 Å². The summed E-state index contributed by atoms with van der Waals surface area (Å²) in [4.78, 5) is 67.8. The lowest BCUT2D eigenvalue weighted by atomic mass is 9.78. The highest BCUT2D eigenvalue weighted by molar-refractivity contribution is 6.36. The minimum Gasteiger partial charge on any atom is -0.493 e. The molecule has 0 saturated carbocycles. The van der Waals surface area contributed by atoms with E-state index in [1.54, 1.807) is 0 Å². The van der Waals surface area contributed by atoms with Crippen LogP contribution in [0.5, 0.6) is 11.8 Å². The number of ketones is 1. The number of nitrogens with zero attached hydrogens (tertiary/aromatic N) is 11. The van der Waals surface area contributed by atoms with Gasteiger partial charge in [0.15, 0.2) is 5.78 Å². The predicted molar refractivity (Wildman–Crippen MR) is 192 cm³/mol. The average Bonchev–Trinajstić information content (AvgIpc) is 3.90. The fourth-order valence-electron chi connectivity index (χ4n) is 5.39. The van der Waals surface area contributed by atoms with Crippen molar-refractivity contribution in [2.24, 2.45) is 30.4 Å². The van der Waals surface area contributed by atoms with Gasteiger partial charge in [-0.15, -0.1) is 20.5 Å². The molecule has 0 saturated heterocycles. The van der Waals surface area contributed by atoms with E-state index in [4.69, 9.17) is 34.8 Å². The summed E-state index contributed by atoms with van der Waals surface area (Å²) in [6.45, 7) is 1.20. The fourth-order valence-corrected chi connectivity index (χ4v) is 5.92. The number of azo groups is 2. The van der Waals surface area contributed by atoms with E-state index in [1.807, 2.05) is 0 Å². The van der Waals surface area contributed by atoms with Crippen molar-refractivity contribution in [3.8, 4) is 11.8 Å². The smallest absolute Gasteiger partial charge is 0.348 e.